The first kappa shape index (κ1) is 29.7. The highest BCUT2D eigenvalue weighted by Crippen LogP contribution is 2.32. The first-order valence-corrected chi connectivity index (χ1v) is 12.8. The summed E-state index contributed by atoms with van der Waals surface area (Å²) in [5.74, 6) is -3.23. The van der Waals surface area contributed by atoms with E-state index in [4.69, 9.17) is 5.11 Å². The highest BCUT2D eigenvalue weighted by molar-refractivity contribution is 5.99. The van der Waals surface area contributed by atoms with Crippen molar-refractivity contribution in [3.05, 3.63) is 84.1 Å². The number of hydrogen-bond acceptors (Lipinski definition) is 5. The number of para-hydroxylation sites is 1. The Morgan fingerprint density at radius 3 is 2.50 bits per heavy atom. The average Bonchev–Trinajstić information content (AvgIpc) is 3.34. The Balaban J connectivity index is 1.61. The van der Waals surface area contributed by atoms with E-state index >= 15 is 0 Å². The quantitative estimate of drug-likeness (QED) is 0.177. The molecule has 0 fully saturated rings. The summed E-state index contributed by atoms with van der Waals surface area (Å²) in [5.41, 5.74) is 2.44. The summed E-state index contributed by atoms with van der Waals surface area (Å²) in [5, 5.41) is 24.3. The highest BCUT2D eigenvalue weighted by Gasteiger charge is 2.33. The van der Waals surface area contributed by atoms with Crippen molar-refractivity contribution in [3.63, 3.8) is 0 Å². The maximum Gasteiger partial charge on any atom is 0.573 e. The van der Waals surface area contributed by atoms with Crippen LogP contribution in [0.25, 0.3) is 22.0 Å². The number of carbonyl (C=O) groups excluding carboxylic acids is 2. The lowest BCUT2D eigenvalue weighted by Gasteiger charge is -2.19. The van der Waals surface area contributed by atoms with Crippen LogP contribution in [0, 0.1) is 11.3 Å². The number of benzene rings is 3. The Labute approximate surface area is 237 Å². The van der Waals surface area contributed by atoms with Gasteiger partial charge in [0, 0.05) is 35.2 Å². The Kier molecular flexibility index (Phi) is 9.12. The van der Waals surface area contributed by atoms with Gasteiger partial charge in [0.25, 0.3) is 5.91 Å². The third kappa shape index (κ3) is 7.88. The number of anilines is 1. The minimum atomic E-state index is -5.06. The Morgan fingerprint density at radius 2 is 1.76 bits per heavy atom. The molecule has 0 spiro atoms. The summed E-state index contributed by atoms with van der Waals surface area (Å²) in [6.07, 6.45) is -3.74. The molecular weight excluding hydrogens is 553 g/mol. The third-order valence-corrected chi connectivity index (χ3v) is 6.31. The number of aromatic amines is 1. The number of amides is 2. The number of nitrogens with one attached hydrogen (secondary N) is 3. The van der Waals surface area contributed by atoms with Gasteiger partial charge in [0.05, 0.1) is 24.5 Å². The molecule has 2 amide bonds. The maximum atomic E-state index is 13.4. The van der Waals surface area contributed by atoms with Crippen LogP contribution in [-0.4, -0.2) is 40.3 Å². The number of H-pyrrole nitrogens is 1. The van der Waals surface area contributed by atoms with E-state index in [-0.39, 0.29) is 25.7 Å². The molecule has 216 valence electrons. The summed E-state index contributed by atoms with van der Waals surface area (Å²) in [6, 6.07) is 18.7. The lowest BCUT2D eigenvalue weighted by Crippen LogP contribution is -2.36. The molecule has 0 aliphatic heterocycles. The van der Waals surface area contributed by atoms with Crippen molar-refractivity contribution in [3.8, 4) is 22.9 Å². The molecular formula is C30H25F3N4O5. The summed E-state index contributed by atoms with van der Waals surface area (Å²) in [7, 11) is 0. The van der Waals surface area contributed by atoms with Crippen LogP contribution in [0.5, 0.6) is 5.75 Å². The van der Waals surface area contributed by atoms with Gasteiger partial charge in [-0.3, -0.25) is 14.4 Å². The van der Waals surface area contributed by atoms with Gasteiger partial charge in [0.1, 0.15) is 5.75 Å². The van der Waals surface area contributed by atoms with Crippen molar-refractivity contribution >= 4 is 34.4 Å². The van der Waals surface area contributed by atoms with Crippen molar-refractivity contribution in [2.75, 3.05) is 5.32 Å². The van der Waals surface area contributed by atoms with Gasteiger partial charge in [-0.05, 0) is 53.4 Å². The molecule has 4 N–H and O–H groups in total. The summed E-state index contributed by atoms with van der Waals surface area (Å²) in [6.45, 7) is 0. The third-order valence-electron chi connectivity index (χ3n) is 6.31. The predicted molar refractivity (Wildman–Crippen MR) is 148 cm³/mol. The highest BCUT2D eigenvalue weighted by atomic mass is 19.4. The topological polar surface area (TPSA) is 144 Å². The Hall–Kier alpha value is -5.31. The minimum absolute atomic E-state index is 0.0932. The molecule has 0 saturated carbocycles. The second kappa shape index (κ2) is 12.9. The van der Waals surface area contributed by atoms with Crippen LogP contribution < -0.4 is 15.4 Å². The molecule has 0 aliphatic rings. The molecule has 0 bridgehead atoms. The fraction of sp³-hybridized carbons (Fsp3) is 0.200. The lowest BCUT2D eigenvalue weighted by molar-refractivity contribution is -0.274. The van der Waals surface area contributed by atoms with Gasteiger partial charge in [-0.2, -0.15) is 5.26 Å². The molecule has 9 nitrogen and oxygen atoms in total. The van der Waals surface area contributed by atoms with E-state index in [0.29, 0.717) is 16.8 Å². The lowest BCUT2D eigenvalue weighted by atomic mass is 10.00. The number of nitriles is 1. The van der Waals surface area contributed by atoms with Gasteiger partial charge in [0.15, 0.2) is 0 Å². The van der Waals surface area contributed by atoms with Gasteiger partial charge >= 0.3 is 12.3 Å². The van der Waals surface area contributed by atoms with Crippen molar-refractivity contribution in [2.45, 2.75) is 38.1 Å². The Bertz CT molecular complexity index is 1660. The number of carboxylic acid groups (broad SMARTS) is 1. The number of halogens is 3. The van der Waals surface area contributed by atoms with Gasteiger partial charge in [0.2, 0.25) is 5.91 Å². The van der Waals surface area contributed by atoms with Crippen LogP contribution in [0.1, 0.15) is 35.2 Å². The molecule has 1 unspecified atom stereocenters. The van der Waals surface area contributed by atoms with E-state index in [1.807, 2.05) is 30.3 Å². The number of aromatic nitrogens is 1. The van der Waals surface area contributed by atoms with E-state index in [9.17, 15) is 32.8 Å². The summed E-state index contributed by atoms with van der Waals surface area (Å²) >= 11 is 0. The Morgan fingerprint density at radius 1 is 1.00 bits per heavy atom. The monoisotopic (exact) mass is 578 g/mol. The van der Waals surface area contributed by atoms with Crippen molar-refractivity contribution in [1.29, 1.82) is 5.26 Å². The summed E-state index contributed by atoms with van der Waals surface area (Å²) in [4.78, 5) is 39.3. The molecule has 12 heteroatoms. The van der Waals surface area contributed by atoms with Crippen LogP contribution in [0.4, 0.5) is 18.9 Å². The fourth-order valence-corrected chi connectivity index (χ4v) is 4.43. The zero-order valence-corrected chi connectivity index (χ0v) is 22.0. The number of hydrogen-bond donors (Lipinski definition) is 4. The number of ether oxygens (including phenoxy) is 1. The predicted octanol–water partition coefficient (Wildman–Crippen LogP) is 5.79. The van der Waals surface area contributed by atoms with Crippen molar-refractivity contribution < 1.29 is 37.4 Å². The van der Waals surface area contributed by atoms with E-state index in [2.05, 4.69) is 20.4 Å². The first-order valence-electron chi connectivity index (χ1n) is 12.8. The number of aliphatic carboxylic acids is 1. The van der Waals surface area contributed by atoms with Crippen LogP contribution >= 0.6 is 0 Å². The SMILES string of the molecule is N#CCC(Cc1c[nH]c2ccccc12)NC(=O)c1cc(-c2cccc(NC(=O)CCC(=O)O)c2)ccc1OC(F)(F)F. The van der Waals surface area contributed by atoms with Gasteiger partial charge < -0.3 is 25.5 Å². The first-order chi connectivity index (χ1) is 20.0. The second-order valence-electron chi connectivity index (χ2n) is 9.38. The van der Waals surface area contributed by atoms with Crippen LogP contribution in [0.3, 0.4) is 0 Å². The molecule has 1 aromatic heterocycles. The van der Waals surface area contributed by atoms with Crippen molar-refractivity contribution in [1.82, 2.24) is 10.3 Å². The largest absolute Gasteiger partial charge is 0.573 e. The van der Waals surface area contributed by atoms with Crippen molar-refractivity contribution in [2.24, 2.45) is 0 Å². The fourth-order valence-electron chi connectivity index (χ4n) is 4.43. The maximum absolute atomic E-state index is 13.4. The summed E-state index contributed by atoms with van der Waals surface area (Å²) < 4.78 is 43.7. The molecule has 3 aromatic carbocycles. The van der Waals surface area contributed by atoms with Crippen LogP contribution in [0.15, 0.2) is 72.9 Å². The van der Waals surface area contributed by atoms with E-state index in [1.54, 1.807) is 24.4 Å². The smallest absolute Gasteiger partial charge is 0.481 e. The normalized spacial score (nSPS) is 11.9. The number of alkyl halides is 3. The molecule has 0 saturated heterocycles. The number of carbonyl (C=O) groups is 3. The van der Waals surface area contributed by atoms with E-state index in [1.165, 1.54) is 18.2 Å². The minimum Gasteiger partial charge on any atom is -0.481 e. The van der Waals surface area contributed by atoms with Gasteiger partial charge in [-0.25, -0.2) is 0 Å². The molecule has 1 heterocycles. The zero-order chi connectivity index (χ0) is 30.3. The number of nitrogens with zero attached hydrogens (tertiary/aromatic N) is 1. The molecule has 0 radical (unpaired) electrons. The molecule has 42 heavy (non-hydrogen) atoms. The van der Waals surface area contributed by atoms with Crippen LogP contribution in [-0.2, 0) is 16.0 Å². The van der Waals surface area contributed by atoms with E-state index in [0.717, 1.165) is 22.5 Å². The zero-order valence-electron chi connectivity index (χ0n) is 22.0. The second-order valence-corrected chi connectivity index (χ2v) is 9.38. The standard InChI is InChI=1S/C30H25F3N4O5/c31-30(32,33)42-26-9-8-19(18-4-3-5-21(14-18)36-27(38)10-11-28(39)40)16-24(26)29(41)37-22(12-13-34)15-20-17-35-25-7-2-1-6-23(20)25/h1-9,14,16-17,22,35H,10-12,15H2,(H,36,38)(H,37,41)(H,39,40). The van der Waals surface area contributed by atoms with E-state index < -0.39 is 41.5 Å². The number of rotatable bonds is 11. The van der Waals surface area contributed by atoms with Gasteiger partial charge in [-0.15, -0.1) is 13.2 Å². The molecule has 4 aromatic rings. The number of carboxylic acids is 1. The number of fused-ring (bicyclic) bond motifs is 1. The molecule has 1 atom stereocenters. The average molecular weight is 579 g/mol. The molecule has 4 rings (SSSR count). The van der Waals surface area contributed by atoms with Gasteiger partial charge in [-0.1, -0.05) is 36.4 Å². The van der Waals surface area contributed by atoms with Crippen LogP contribution in [0.2, 0.25) is 0 Å². The molecule has 0 aliphatic carbocycles.